The van der Waals surface area contributed by atoms with Crippen molar-refractivity contribution < 1.29 is 13.3 Å². The molecule has 3 aliphatic heterocycles. The van der Waals surface area contributed by atoms with Crippen LogP contribution in [0.2, 0.25) is 6.55 Å². The van der Waals surface area contributed by atoms with Gasteiger partial charge in [-0.25, -0.2) is 0 Å². The second kappa shape index (κ2) is 4.06. The third-order valence-corrected chi connectivity index (χ3v) is 4.71. The van der Waals surface area contributed by atoms with E-state index in [2.05, 4.69) is 4.90 Å². The molecule has 5 heteroatoms. The second-order valence-corrected chi connectivity index (χ2v) is 6.19. The molecule has 0 N–H and O–H groups in total. The Balaban J connectivity index is 2.05. The van der Waals surface area contributed by atoms with Crippen LogP contribution in [0.3, 0.4) is 0 Å². The van der Waals surface area contributed by atoms with E-state index in [4.69, 9.17) is 13.3 Å². The monoisotopic (exact) mass is 203 g/mol. The molecule has 3 fully saturated rings. The van der Waals surface area contributed by atoms with E-state index in [0.717, 1.165) is 45.9 Å². The van der Waals surface area contributed by atoms with Crippen molar-refractivity contribution in [3.05, 3.63) is 0 Å². The zero-order valence-corrected chi connectivity index (χ0v) is 9.12. The van der Waals surface area contributed by atoms with Gasteiger partial charge in [-0.1, -0.05) is 0 Å². The summed E-state index contributed by atoms with van der Waals surface area (Å²) in [4.78, 5) is 2.38. The molecule has 3 heterocycles. The molecule has 0 spiro atoms. The second-order valence-electron chi connectivity index (χ2n) is 3.60. The van der Waals surface area contributed by atoms with Crippen molar-refractivity contribution in [3.63, 3.8) is 0 Å². The molecule has 0 aliphatic carbocycles. The van der Waals surface area contributed by atoms with Crippen LogP contribution in [0.1, 0.15) is 6.42 Å². The first-order valence-electron chi connectivity index (χ1n) is 4.93. The fourth-order valence-electron chi connectivity index (χ4n) is 1.73. The number of fused-ring (bicyclic) bond motifs is 7. The van der Waals surface area contributed by atoms with Crippen molar-refractivity contribution in [1.82, 2.24) is 4.90 Å². The molecule has 4 nitrogen and oxygen atoms in total. The minimum Gasteiger partial charge on any atom is -0.374 e. The van der Waals surface area contributed by atoms with Gasteiger partial charge in [-0.05, 0) is 6.42 Å². The number of rotatable bonds is 0. The maximum Gasteiger partial charge on any atom is 0.497 e. The molecule has 3 saturated heterocycles. The van der Waals surface area contributed by atoms with Gasteiger partial charge in [0.05, 0.1) is 13.2 Å². The fraction of sp³-hybridized carbons (Fsp3) is 1.00. The molecule has 0 atom stereocenters. The van der Waals surface area contributed by atoms with E-state index >= 15 is 0 Å². The van der Waals surface area contributed by atoms with E-state index in [1.54, 1.807) is 0 Å². The van der Waals surface area contributed by atoms with Gasteiger partial charge in [0.1, 0.15) is 0 Å². The summed E-state index contributed by atoms with van der Waals surface area (Å²) >= 11 is 0. The number of hydrogen-bond donors (Lipinski definition) is 0. The topological polar surface area (TPSA) is 30.9 Å². The zero-order valence-electron chi connectivity index (χ0n) is 8.12. The van der Waals surface area contributed by atoms with E-state index in [9.17, 15) is 0 Å². The molecule has 0 aromatic rings. The van der Waals surface area contributed by atoms with Crippen LogP contribution in [0.4, 0.5) is 0 Å². The molecule has 0 aromatic heterocycles. The highest BCUT2D eigenvalue weighted by atomic mass is 28.4. The van der Waals surface area contributed by atoms with Crippen LogP contribution < -0.4 is 0 Å². The van der Waals surface area contributed by atoms with Crippen LogP contribution in [-0.4, -0.2) is 53.2 Å². The Morgan fingerprint density at radius 3 is 2.23 bits per heavy atom. The molecule has 76 valence electrons. The zero-order chi connectivity index (χ0) is 9.15. The molecule has 2 bridgehead atoms. The highest BCUT2D eigenvalue weighted by Crippen LogP contribution is 2.14. The smallest absolute Gasteiger partial charge is 0.374 e. The Morgan fingerprint density at radius 2 is 1.54 bits per heavy atom. The van der Waals surface area contributed by atoms with Gasteiger partial charge in [0.25, 0.3) is 0 Å². The van der Waals surface area contributed by atoms with Gasteiger partial charge in [-0.15, -0.1) is 0 Å². The maximum absolute atomic E-state index is 5.69. The predicted octanol–water partition coefficient (Wildman–Crippen LogP) is 0.324. The summed E-state index contributed by atoms with van der Waals surface area (Å²) in [6.45, 7) is 7.43. The number of nitrogens with zero attached hydrogens (tertiary/aromatic N) is 1. The van der Waals surface area contributed by atoms with Gasteiger partial charge in [0.15, 0.2) is 0 Å². The van der Waals surface area contributed by atoms with Gasteiger partial charge < -0.3 is 13.3 Å². The summed E-state index contributed by atoms with van der Waals surface area (Å²) in [5.41, 5.74) is 0. The highest BCUT2D eigenvalue weighted by molar-refractivity contribution is 6.59. The molecule has 3 aliphatic rings. The molecule has 0 saturated carbocycles. The van der Waals surface area contributed by atoms with E-state index < -0.39 is 8.80 Å². The summed E-state index contributed by atoms with van der Waals surface area (Å²) < 4.78 is 17.0. The Labute approximate surface area is 80.1 Å². The van der Waals surface area contributed by atoms with Crippen molar-refractivity contribution in [1.29, 1.82) is 0 Å². The summed E-state index contributed by atoms with van der Waals surface area (Å²) in [7, 11) is -2.24. The first-order chi connectivity index (χ1) is 6.29. The van der Waals surface area contributed by atoms with Crippen LogP contribution >= 0.6 is 0 Å². The van der Waals surface area contributed by atoms with Crippen LogP contribution in [0.25, 0.3) is 0 Å². The van der Waals surface area contributed by atoms with Gasteiger partial charge in [0, 0.05) is 32.8 Å². The standard InChI is InChI=1S/C8H17NO3Si/c1-13-10-6-2-3-9(4-7-11-13)5-8-12-13/h2-8H2,1H3. The molecule has 0 aromatic carbocycles. The normalized spacial score (nSPS) is 41.8. The average Bonchev–Trinajstić information content (AvgIpc) is 2.20. The van der Waals surface area contributed by atoms with Crippen LogP contribution in [-0.2, 0) is 13.3 Å². The van der Waals surface area contributed by atoms with Gasteiger partial charge >= 0.3 is 8.80 Å². The Hall–Kier alpha value is 0.0569. The molecule has 0 amide bonds. The van der Waals surface area contributed by atoms with Crippen molar-refractivity contribution in [2.75, 3.05) is 39.5 Å². The average molecular weight is 203 g/mol. The molecular weight excluding hydrogens is 186 g/mol. The lowest BCUT2D eigenvalue weighted by molar-refractivity contribution is 0.0470. The summed E-state index contributed by atoms with van der Waals surface area (Å²) in [5.74, 6) is 0. The van der Waals surface area contributed by atoms with E-state index in [1.807, 2.05) is 6.55 Å². The molecule has 0 radical (unpaired) electrons. The summed E-state index contributed by atoms with van der Waals surface area (Å²) in [6, 6.07) is 0. The molecule has 13 heavy (non-hydrogen) atoms. The first-order valence-corrected chi connectivity index (χ1v) is 7.15. The van der Waals surface area contributed by atoms with Crippen molar-refractivity contribution in [2.24, 2.45) is 0 Å². The lowest BCUT2D eigenvalue weighted by atomic mass is 10.4. The van der Waals surface area contributed by atoms with E-state index in [0.29, 0.717) is 0 Å². The predicted molar refractivity (Wildman–Crippen MR) is 50.5 cm³/mol. The van der Waals surface area contributed by atoms with Crippen molar-refractivity contribution in [3.8, 4) is 0 Å². The molecular formula is C8H17NO3Si. The van der Waals surface area contributed by atoms with Crippen LogP contribution in [0, 0.1) is 0 Å². The molecule has 0 unspecified atom stereocenters. The Kier molecular flexibility index (Phi) is 3.00. The van der Waals surface area contributed by atoms with Crippen LogP contribution in [0.15, 0.2) is 0 Å². The number of hydrogen-bond acceptors (Lipinski definition) is 4. The van der Waals surface area contributed by atoms with Crippen molar-refractivity contribution in [2.45, 2.75) is 13.0 Å². The lowest BCUT2D eigenvalue weighted by Crippen LogP contribution is -2.47. The largest absolute Gasteiger partial charge is 0.497 e. The quantitative estimate of drug-likeness (QED) is 0.531. The highest BCUT2D eigenvalue weighted by Gasteiger charge is 2.37. The Morgan fingerprint density at radius 1 is 0.923 bits per heavy atom. The first kappa shape index (κ1) is 9.61. The fourth-order valence-corrected chi connectivity index (χ4v) is 3.42. The van der Waals surface area contributed by atoms with Gasteiger partial charge in [0.2, 0.25) is 0 Å². The lowest BCUT2D eigenvalue weighted by Gasteiger charge is -2.29. The van der Waals surface area contributed by atoms with Crippen LogP contribution in [0.5, 0.6) is 0 Å². The SMILES string of the molecule is C[Si]12OCCCN(CCO1)CCO2. The minimum absolute atomic E-state index is 0.753. The van der Waals surface area contributed by atoms with E-state index in [1.165, 1.54) is 0 Å². The molecule has 3 rings (SSSR count). The summed E-state index contributed by atoms with van der Waals surface area (Å²) in [5, 5.41) is 0. The Bertz CT molecular complexity index is 163. The van der Waals surface area contributed by atoms with Gasteiger partial charge in [-0.2, -0.15) is 0 Å². The maximum atomic E-state index is 5.69. The van der Waals surface area contributed by atoms with E-state index in [-0.39, 0.29) is 0 Å². The van der Waals surface area contributed by atoms with Crippen molar-refractivity contribution >= 4 is 8.80 Å². The summed E-state index contributed by atoms with van der Waals surface area (Å²) in [6.07, 6.45) is 1.09. The third kappa shape index (κ3) is 2.51. The van der Waals surface area contributed by atoms with Gasteiger partial charge in [-0.3, -0.25) is 4.90 Å². The third-order valence-electron chi connectivity index (χ3n) is 2.53. The minimum atomic E-state index is -2.24.